The third-order valence-electron chi connectivity index (χ3n) is 3.38. The van der Waals surface area contributed by atoms with E-state index >= 15 is 0 Å². The molecule has 0 aromatic carbocycles. The minimum atomic E-state index is -0.405. The van der Waals surface area contributed by atoms with Crippen molar-refractivity contribution in [3.8, 4) is 0 Å². The highest BCUT2D eigenvalue weighted by Crippen LogP contribution is 2.30. The molecule has 1 atom stereocenters. The SMILES string of the molecule is CCCN1CCN(c2nc(C)c(C(C)O)s2)CC1. The average Bonchev–Trinajstić information content (AvgIpc) is 2.73. The van der Waals surface area contributed by atoms with Crippen LogP contribution in [0.25, 0.3) is 0 Å². The Hall–Kier alpha value is -0.650. The number of nitrogens with zero attached hydrogens (tertiary/aromatic N) is 3. The van der Waals surface area contributed by atoms with Crippen LogP contribution in [0.4, 0.5) is 5.13 Å². The van der Waals surface area contributed by atoms with Crippen molar-refractivity contribution in [1.82, 2.24) is 9.88 Å². The molecule has 1 aromatic rings. The Morgan fingerprint density at radius 3 is 2.50 bits per heavy atom. The molecule has 1 fully saturated rings. The molecule has 5 heteroatoms. The number of aliphatic hydroxyl groups excluding tert-OH is 1. The molecular weight excluding hydrogens is 246 g/mol. The normalized spacial score (nSPS) is 19.2. The van der Waals surface area contributed by atoms with Crippen LogP contribution in [0.2, 0.25) is 0 Å². The van der Waals surface area contributed by atoms with E-state index in [0.29, 0.717) is 0 Å². The second-order valence-corrected chi connectivity index (χ2v) is 5.96. The maximum atomic E-state index is 9.67. The quantitative estimate of drug-likeness (QED) is 0.908. The number of aromatic nitrogens is 1. The summed E-state index contributed by atoms with van der Waals surface area (Å²) in [5, 5.41) is 10.7. The molecule has 102 valence electrons. The van der Waals surface area contributed by atoms with Gasteiger partial charge in [0.05, 0.1) is 16.7 Å². The molecule has 1 saturated heterocycles. The number of hydrogen-bond donors (Lipinski definition) is 1. The van der Waals surface area contributed by atoms with Crippen LogP contribution in [0.3, 0.4) is 0 Å². The van der Waals surface area contributed by atoms with Crippen molar-refractivity contribution in [3.63, 3.8) is 0 Å². The molecule has 2 rings (SSSR count). The molecule has 4 nitrogen and oxygen atoms in total. The Morgan fingerprint density at radius 2 is 2.00 bits per heavy atom. The second kappa shape index (κ2) is 5.99. The molecule has 0 spiro atoms. The largest absolute Gasteiger partial charge is 0.388 e. The lowest BCUT2D eigenvalue weighted by Gasteiger charge is -2.34. The van der Waals surface area contributed by atoms with Gasteiger partial charge in [-0.2, -0.15) is 0 Å². The van der Waals surface area contributed by atoms with E-state index in [0.717, 1.165) is 41.9 Å². The molecule has 1 aromatic heterocycles. The summed E-state index contributed by atoms with van der Waals surface area (Å²) in [7, 11) is 0. The maximum Gasteiger partial charge on any atom is 0.185 e. The van der Waals surface area contributed by atoms with Crippen molar-refractivity contribution in [1.29, 1.82) is 0 Å². The first-order valence-electron chi connectivity index (χ1n) is 6.74. The van der Waals surface area contributed by atoms with Gasteiger partial charge in [0.25, 0.3) is 0 Å². The number of hydrogen-bond acceptors (Lipinski definition) is 5. The molecule has 18 heavy (non-hydrogen) atoms. The van der Waals surface area contributed by atoms with Gasteiger partial charge >= 0.3 is 0 Å². The molecule has 0 saturated carbocycles. The second-order valence-electron chi connectivity index (χ2n) is 4.95. The summed E-state index contributed by atoms with van der Waals surface area (Å²) in [4.78, 5) is 10.4. The summed E-state index contributed by atoms with van der Waals surface area (Å²) < 4.78 is 0. The fourth-order valence-corrected chi connectivity index (χ4v) is 3.45. The Kier molecular flexibility index (Phi) is 4.59. The van der Waals surface area contributed by atoms with Crippen molar-refractivity contribution in [2.75, 3.05) is 37.6 Å². The maximum absolute atomic E-state index is 9.67. The van der Waals surface area contributed by atoms with Gasteiger partial charge in [-0.15, -0.1) is 0 Å². The van der Waals surface area contributed by atoms with Crippen LogP contribution in [0, 0.1) is 6.92 Å². The lowest BCUT2D eigenvalue weighted by atomic mass is 10.3. The van der Waals surface area contributed by atoms with Crippen molar-refractivity contribution in [3.05, 3.63) is 10.6 Å². The summed E-state index contributed by atoms with van der Waals surface area (Å²) in [6.07, 6.45) is 0.820. The molecule has 0 bridgehead atoms. The molecule has 1 aliphatic rings. The molecular formula is C13H23N3OS. The van der Waals surface area contributed by atoms with E-state index in [1.165, 1.54) is 13.0 Å². The van der Waals surface area contributed by atoms with Gasteiger partial charge in [0, 0.05) is 26.2 Å². The van der Waals surface area contributed by atoms with Crippen LogP contribution >= 0.6 is 11.3 Å². The van der Waals surface area contributed by atoms with E-state index in [1.54, 1.807) is 11.3 Å². The van der Waals surface area contributed by atoms with Gasteiger partial charge in [-0.05, 0) is 26.8 Å². The zero-order chi connectivity index (χ0) is 13.1. The van der Waals surface area contributed by atoms with E-state index in [9.17, 15) is 5.11 Å². The Labute approximate surface area is 113 Å². The van der Waals surface area contributed by atoms with E-state index in [2.05, 4.69) is 21.7 Å². The van der Waals surface area contributed by atoms with E-state index < -0.39 is 6.10 Å². The van der Waals surface area contributed by atoms with Crippen LogP contribution in [0.5, 0.6) is 0 Å². The highest BCUT2D eigenvalue weighted by Gasteiger charge is 2.21. The number of rotatable bonds is 4. The fraction of sp³-hybridized carbons (Fsp3) is 0.769. The van der Waals surface area contributed by atoms with Crippen LogP contribution in [-0.4, -0.2) is 47.7 Å². The lowest BCUT2D eigenvalue weighted by molar-refractivity contribution is 0.202. The third kappa shape index (κ3) is 3.02. The zero-order valence-corrected chi connectivity index (χ0v) is 12.3. The summed E-state index contributed by atoms with van der Waals surface area (Å²) in [6.45, 7) is 11.6. The van der Waals surface area contributed by atoms with Gasteiger partial charge in [-0.1, -0.05) is 18.3 Å². The Morgan fingerprint density at radius 1 is 1.33 bits per heavy atom. The topological polar surface area (TPSA) is 39.6 Å². The molecule has 0 radical (unpaired) electrons. The van der Waals surface area contributed by atoms with Gasteiger partial charge in [0.15, 0.2) is 5.13 Å². The van der Waals surface area contributed by atoms with Crippen molar-refractivity contribution < 1.29 is 5.11 Å². The number of anilines is 1. The molecule has 1 unspecified atom stereocenters. The van der Waals surface area contributed by atoms with Crippen molar-refractivity contribution in [2.24, 2.45) is 0 Å². The van der Waals surface area contributed by atoms with E-state index in [1.807, 2.05) is 13.8 Å². The first kappa shape index (κ1) is 13.8. The van der Waals surface area contributed by atoms with Crippen molar-refractivity contribution in [2.45, 2.75) is 33.3 Å². The zero-order valence-electron chi connectivity index (χ0n) is 11.5. The number of aliphatic hydroxyl groups is 1. The minimum absolute atomic E-state index is 0.405. The van der Waals surface area contributed by atoms with Crippen LogP contribution < -0.4 is 4.90 Å². The number of thiazole rings is 1. The highest BCUT2D eigenvalue weighted by molar-refractivity contribution is 7.15. The van der Waals surface area contributed by atoms with Gasteiger partial charge < -0.3 is 10.0 Å². The summed E-state index contributed by atoms with van der Waals surface area (Å²) in [6, 6.07) is 0. The number of piperazine rings is 1. The van der Waals surface area contributed by atoms with Crippen LogP contribution in [0.15, 0.2) is 0 Å². The van der Waals surface area contributed by atoms with Gasteiger partial charge in [-0.25, -0.2) is 4.98 Å². The van der Waals surface area contributed by atoms with Crippen molar-refractivity contribution >= 4 is 16.5 Å². The Balaban J connectivity index is 1.99. The van der Waals surface area contributed by atoms with Crippen LogP contribution in [-0.2, 0) is 0 Å². The summed E-state index contributed by atoms with van der Waals surface area (Å²) in [5.41, 5.74) is 0.973. The fourth-order valence-electron chi connectivity index (χ4n) is 2.40. The van der Waals surface area contributed by atoms with Crippen LogP contribution in [0.1, 0.15) is 36.9 Å². The summed E-state index contributed by atoms with van der Waals surface area (Å²) in [5.74, 6) is 0. The number of aryl methyl sites for hydroxylation is 1. The van der Waals surface area contributed by atoms with Gasteiger partial charge in [0.2, 0.25) is 0 Å². The predicted molar refractivity (Wildman–Crippen MR) is 76.4 cm³/mol. The van der Waals surface area contributed by atoms with E-state index in [4.69, 9.17) is 0 Å². The molecule has 0 amide bonds. The van der Waals surface area contributed by atoms with Gasteiger partial charge in [-0.3, -0.25) is 4.90 Å². The third-order valence-corrected chi connectivity index (χ3v) is 4.77. The first-order valence-corrected chi connectivity index (χ1v) is 7.56. The molecule has 2 heterocycles. The molecule has 1 N–H and O–H groups in total. The lowest BCUT2D eigenvalue weighted by Crippen LogP contribution is -2.46. The minimum Gasteiger partial charge on any atom is -0.388 e. The summed E-state index contributed by atoms with van der Waals surface area (Å²) >= 11 is 1.63. The first-order chi connectivity index (χ1) is 8.61. The molecule has 0 aliphatic carbocycles. The average molecular weight is 269 g/mol. The smallest absolute Gasteiger partial charge is 0.185 e. The highest BCUT2D eigenvalue weighted by atomic mass is 32.1. The molecule has 1 aliphatic heterocycles. The van der Waals surface area contributed by atoms with Gasteiger partial charge in [0.1, 0.15) is 0 Å². The monoisotopic (exact) mass is 269 g/mol. The standard InChI is InChI=1S/C13H23N3OS/c1-4-5-15-6-8-16(9-7-15)13-14-10(2)12(18-13)11(3)17/h11,17H,4-9H2,1-3H3. The predicted octanol–water partition coefficient (Wildman–Crippen LogP) is 2.04. The Bertz CT molecular complexity index is 384. The van der Waals surface area contributed by atoms with E-state index in [-0.39, 0.29) is 0 Å².